The van der Waals surface area contributed by atoms with Crippen LogP contribution in [0.25, 0.3) is 5.57 Å². The molecule has 0 saturated heterocycles. The summed E-state index contributed by atoms with van der Waals surface area (Å²) in [6.45, 7) is 0.619. The van der Waals surface area contributed by atoms with Gasteiger partial charge in [-0.1, -0.05) is 18.2 Å². The molecule has 0 fully saturated rings. The smallest absolute Gasteiger partial charge is 0.318 e. The molecule has 7 heteroatoms. The van der Waals surface area contributed by atoms with Gasteiger partial charge in [-0.25, -0.2) is 5.21 Å². The van der Waals surface area contributed by atoms with Gasteiger partial charge in [0.05, 0.1) is 16.2 Å². The fourth-order valence-corrected chi connectivity index (χ4v) is 2.84. The molecule has 0 aromatic heterocycles. The maximum atomic E-state index is 12.3. The Hall–Kier alpha value is -3.35. The van der Waals surface area contributed by atoms with Crippen molar-refractivity contribution in [2.45, 2.75) is 6.54 Å². The predicted molar refractivity (Wildman–Crippen MR) is 84.0 cm³/mol. The summed E-state index contributed by atoms with van der Waals surface area (Å²) in [5.41, 5.74) is 3.78. The molecule has 114 valence electrons. The van der Waals surface area contributed by atoms with Gasteiger partial charge >= 0.3 is 5.69 Å². The number of para-hydroxylation sites is 1. The molecule has 23 heavy (non-hydrogen) atoms. The van der Waals surface area contributed by atoms with Gasteiger partial charge in [-0.2, -0.15) is 0 Å². The minimum atomic E-state index is -0.262. The molecular weight excluding hydrogens is 296 g/mol. The average molecular weight is 309 g/mol. The van der Waals surface area contributed by atoms with E-state index < -0.39 is 0 Å². The zero-order valence-electron chi connectivity index (χ0n) is 12.0. The Kier molecular flexibility index (Phi) is 2.80. The molecular formula is C16H13N4O3+. The summed E-state index contributed by atoms with van der Waals surface area (Å²) in [6, 6.07) is 12.4. The number of carbonyl (C=O) groups excluding carboxylic acids is 1. The van der Waals surface area contributed by atoms with Crippen LogP contribution in [0.4, 0.5) is 17.1 Å². The Balaban J connectivity index is 1.79. The Morgan fingerprint density at radius 2 is 1.87 bits per heavy atom. The summed E-state index contributed by atoms with van der Waals surface area (Å²) in [7, 11) is 0. The second-order valence-corrected chi connectivity index (χ2v) is 5.34. The molecule has 0 bridgehead atoms. The van der Waals surface area contributed by atoms with Crippen LogP contribution < -0.4 is 16.0 Å². The highest BCUT2D eigenvalue weighted by molar-refractivity contribution is 6.32. The van der Waals surface area contributed by atoms with E-state index in [2.05, 4.69) is 16.0 Å². The van der Waals surface area contributed by atoms with Crippen molar-refractivity contribution in [1.29, 1.82) is 0 Å². The van der Waals surface area contributed by atoms with Gasteiger partial charge in [0.1, 0.15) is 5.82 Å². The van der Waals surface area contributed by atoms with E-state index in [4.69, 9.17) is 5.21 Å². The topological polar surface area (TPSA) is 93.5 Å². The van der Waals surface area contributed by atoms with E-state index in [1.807, 2.05) is 24.3 Å². The molecule has 2 aliphatic rings. The van der Waals surface area contributed by atoms with E-state index >= 15 is 0 Å². The number of nitrogens with one attached hydrogen (secondary N) is 3. The van der Waals surface area contributed by atoms with Crippen LogP contribution in [0.5, 0.6) is 0 Å². The second kappa shape index (κ2) is 4.84. The molecule has 2 aromatic rings. The molecule has 0 aliphatic carbocycles. The van der Waals surface area contributed by atoms with Crippen molar-refractivity contribution in [3.8, 4) is 0 Å². The fourth-order valence-electron chi connectivity index (χ4n) is 2.84. The molecule has 0 spiro atoms. The van der Waals surface area contributed by atoms with E-state index in [9.17, 15) is 9.70 Å². The molecule has 0 atom stereocenters. The third-order valence-electron chi connectivity index (χ3n) is 3.95. The number of hydrogen-bond acceptors (Lipinski definition) is 4. The number of anilines is 2. The van der Waals surface area contributed by atoms with Crippen molar-refractivity contribution in [2.75, 3.05) is 10.6 Å². The lowest BCUT2D eigenvalue weighted by Gasteiger charge is -2.23. The largest absolute Gasteiger partial charge is 0.367 e. The number of rotatable bonds is 1. The molecule has 0 saturated carbocycles. The molecule has 2 aromatic carbocycles. The van der Waals surface area contributed by atoms with Gasteiger partial charge in [0.15, 0.2) is 0 Å². The van der Waals surface area contributed by atoms with Gasteiger partial charge in [-0.05, 0) is 17.7 Å². The second-order valence-electron chi connectivity index (χ2n) is 5.34. The van der Waals surface area contributed by atoms with Gasteiger partial charge in [-0.15, -0.1) is 0 Å². The van der Waals surface area contributed by atoms with Crippen molar-refractivity contribution in [1.82, 2.24) is 5.32 Å². The van der Waals surface area contributed by atoms with Crippen molar-refractivity contribution >= 4 is 28.5 Å². The van der Waals surface area contributed by atoms with Gasteiger partial charge in [0.2, 0.25) is 0 Å². The number of fused-ring (bicyclic) bond motifs is 2. The minimum Gasteiger partial charge on any atom is -0.367 e. The zero-order chi connectivity index (χ0) is 16.0. The Labute approximate surface area is 131 Å². The first kappa shape index (κ1) is 13.3. The monoisotopic (exact) mass is 309 g/mol. The molecule has 2 aliphatic heterocycles. The molecule has 1 amide bonds. The maximum absolute atomic E-state index is 12.3. The van der Waals surface area contributed by atoms with E-state index in [0.717, 1.165) is 11.3 Å². The van der Waals surface area contributed by atoms with Crippen LogP contribution >= 0.6 is 0 Å². The third kappa shape index (κ3) is 2.10. The van der Waals surface area contributed by atoms with Crippen molar-refractivity contribution in [3.05, 3.63) is 64.3 Å². The van der Waals surface area contributed by atoms with Gasteiger partial charge < -0.3 is 16.0 Å². The maximum Gasteiger partial charge on any atom is 0.318 e. The summed E-state index contributed by atoms with van der Waals surface area (Å²) >= 11 is 0. The van der Waals surface area contributed by atoms with Crippen LogP contribution in [0, 0.1) is 4.91 Å². The van der Waals surface area contributed by atoms with E-state index in [1.54, 1.807) is 6.07 Å². The number of hydrogen-bond donors (Lipinski definition) is 4. The average Bonchev–Trinajstić information content (AvgIpc) is 2.89. The lowest BCUT2D eigenvalue weighted by molar-refractivity contribution is -0.729. The zero-order valence-corrected chi connectivity index (χ0v) is 12.0. The Bertz CT molecular complexity index is 889. The quantitative estimate of drug-likeness (QED) is 0.479. The third-order valence-corrected chi connectivity index (χ3v) is 3.95. The normalized spacial score (nSPS) is 18.3. The summed E-state index contributed by atoms with van der Waals surface area (Å²) in [5.74, 6) is 0.359. The molecule has 4 N–H and O–H groups in total. The van der Waals surface area contributed by atoms with Crippen molar-refractivity contribution in [3.63, 3.8) is 0 Å². The van der Waals surface area contributed by atoms with Crippen LogP contribution in [-0.4, -0.2) is 16.0 Å². The SMILES string of the molecule is O=C1Nc2cc([N+](=O)O)ccc2/C1=C1\NCc2ccccc2N1. The lowest BCUT2D eigenvalue weighted by atomic mass is 10.0. The molecule has 0 unspecified atom stereocenters. The van der Waals surface area contributed by atoms with E-state index in [-0.39, 0.29) is 16.5 Å². The van der Waals surface area contributed by atoms with E-state index in [1.165, 1.54) is 12.1 Å². The van der Waals surface area contributed by atoms with Gasteiger partial charge in [0, 0.05) is 29.9 Å². The highest BCUT2D eigenvalue weighted by Crippen LogP contribution is 2.36. The number of benzene rings is 2. The first-order valence-electron chi connectivity index (χ1n) is 7.08. The minimum absolute atomic E-state index is 0.0604. The van der Waals surface area contributed by atoms with E-state index in [0.29, 0.717) is 29.2 Å². The Morgan fingerprint density at radius 1 is 1.04 bits per heavy atom. The first-order valence-corrected chi connectivity index (χ1v) is 7.08. The van der Waals surface area contributed by atoms with Gasteiger partial charge in [-0.3, -0.25) is 4.79 Å². The Morgan fingerprint density at radius 3 is 2.70 bits per heavy atom. The standard InChI is InChI=1S/C16H12N4O3/c21-16-14(11-6-5-10(20(22)23)7-13(11)19-16)15-17-8-9-3-1-2-4-12(9)18-15/h1-7H,8H2,(H3-,17,18,19,21,22,23)/p+1. The predicted octanol–water partition coefficient (Wildman–Crippen LogP) is 2.32. The summed E-state index contributed by atoms with van der Waals surface area (Å²) < 4.78 is 0. The summed E-state index contributed by atoms with van der Waals surface area (Å²) in [5, 5.41) is 18.1. The molecule has 0 radical (unpaired) electrons. The van der Waals surface area contributed by atoms with Crippen LogP contribution in [0.15, 0.2) is 48.3 Å². The number of nitrogens with zero attached hydrogens (tertiary/aromatic N) is 1. The van der Waals surface area contributed by atoms with Crippen LogP contribution in [0.3, 0.4) is 0 Å². The number of carbonyl (C=O) groups is 1. The first-order chi connectivity index (χ1) is 11.1. The molecule has 7 nitrogen and oxygen atoms in total. The summed E-state index contributed by atoms with van der Waals surface area (Å²) in [6.07, 6.45) is 0. The fraction of sp³-hybridized carbons (Fsp3) is 0.0625. The van der Waals surface area contributed by atoms with Crippen LogP contribution in [0.1, 0.15) is 11.1 Å². The van der Waals surface area contributed by atoms with Crippen molar-refractivity contribution in [2.24, 2.45) is 0 Å². The summed E-state index contributed by atoms with van der Waals surface area (Å²) in [4.78, 5) is 23.1. The number of amides is 1. The highest BCUT2D eigenvalue weighted by atomic mass is 16.6. The highest BCUT2D eigenvalue weighted by Gasteiger charge is 2.31. The van der Waals surface area contributed by atoms with Crippen molar-refractivity contribution < 1.29 is 14.9 Å². The van der Waals surface area contributed by atoms with Gasteiger partial charge in [0.25, 0.3) is 10.8 Å². The molecule has 4 rings (SSSR count). The van der Waals surface area contributed by atoms with Crippen LogP contribution in [0.2, 0.25) is 0 Å². The molecule has 2 heterocycles. The lowest BCUT2D eigenvalue weighted by Crippen LogP contribution is -2.28. The van der Waals surface area contributed by atoms with Crippen LogP contribution in [-0.2, 0) is 11.3 Å².